The van der Waals surface area contributed by atoms with Gasteiger partial charge in [-0.15, -0.1) is 10.2 Å². The van der Waals surface area contributed by atoms with E-state index in [1.807, 2.05) is 16.7 Å². The summed E-state index contributed by atoms with van der Waals surface area (Å²) >= 11 is 6.13. The lowest BCUT2D eigenvalue weighted by Gasteiger charge is -2.19. The van der Waals surface area contributed by atoms with E-state index in [1.54, 1.807) is 7.11 Å². The smallest absolute Gasteiger partial charge is 0.225 e. The van der Waals surface area contributed by atoms with Gasteiger partial charge in [-0.05, 0) is 35.7 Å². The van der Waals surface area contributed by atoms with E-state index in [2.05, 4.69) is 43.1 Å². The highest BCUT2D eigenvalue weighted by Gasteiger charge is 2.22. The molecule has 108 valence electrons. The minimum atomic E-state index is -0.0694. The van der Waals surface area contributed by atoms with E-state index in [1.165, 1.54) is 5.56 Å². The van der Waals surface area contributed by atoms with E-state index in [9.17, 15) is 0 Å². The first kappa shape index (κ1) is 14.9. The molecule has 4 nitrogen and oxygen atoms in total. The van der Waals surface area contributed by atoms with Crippen molar-refractivity contribution in [1.29, 1.82) is 0 Å². The van der Waals surface area contributed by atoms with Crippen molar-refractivity contribution in [2.45, 2.75) is 39.2 Å². The van der Waals surface area contributed by atoms with Crippen LogP contribution in [0.15, 0.2) is 24.3 Å². The normalized spacial score (nSPS) is 11.7. The summed E-state index contributed by atoms with van der Waals surface area (Å²) in [6.07, 6.45) is 0.880. The molecular weight excluding hydrogens is 274 g/mol. The van der Waals surface area contributed by atoms with Crippen molar-refractivity contribution < 1.29 is 4.74 Å². The Labute approximate surface area is 124 Å². The average molecular weight is 294 g/mol. The quantitative estimate of drug-likeness (QED) is 0.866. The number of aromatic nitrogens is 3. The van der Waals surface area contributed by atoms with E-state index >= 15 is 0 Å². The molecule has 0 unspecified atom stereocenters. The maximum Gasteiger partial charge on any atom is 0.225 e. The minimum Gasteiger partial charge on any atom is -0.497 e. The number of rotatable bonds is 4. The summed E-state index contributed by atoms with van der Waals surface area (Å²) in [4.78, 5) is 0. The van der Waals surface area contributed by atoms with Crippen LogP contribution >= 0.6 is 11.6 Å². The second-order valence-electron chi connectivity index (χ2n) is 5.79. The monoisotopic (exact) mass is 293 g/mol. The highest BCUT2D eigenvalue weighted by atomic mass is 35.5. The van der Waals surface area contributed by atoms with Crippen LogP contribution in [0.3, 0.4) is 0 Å². The number of benzene rings is 1. The third-order valence-electron chi connectivity index (χ3n) is 3.16. The summed E-state index contributed by atoms with van der Waals surface area (Å²) in [6, 6.07) is 8.06. The molecule has 0 fully saturated rings. The van der Waals surface area contributed by atoms with Crippen molar-refractivity contribution in [2.75, 3.05) is 7.11 Å². The van der Waals surface area contributed by atoms with Gasteiger partial charge in [-0.3, -0.25) is 0 Å². The van der Waals surface area contributed by atoms with Crippen LogP contribution in [0.4, 0.5) is 0 Å². The van der Waals surface area contributed by atoms with Crippen LogP contribution in [0.25, 0.3) is 0 Å². The Morgan fingerprint density at radius 3 is 2.35 bits per heavy atom. The van der Waals surface area contributed by atoms with Crippen molar-refractivity contribution in [3.05, 3.63) is 40.9 Å². The summed E-state index contributed by atoms with van der Waals surface area (Å²) in [6.45, 7) is 7.09. The minimum absolute atomic E-state index is 0.0694. The van der Waals surface area contributed by atoms with Crippen LogP contribution in [0.1, 0.15) is 32.2 Å². The van der Waals surface area contributed by atoms with Crippen molar-refractivity contribution in [2.24, 2.45) is 0 Å². The molecule has 0 bridgehead atoms. The third kappa shape index (κ3) is 3.31. The second kappa shape index (κ2) is 5.83. The van der Waals surface area contributed by atoms with Crippen molar-refractivity contribution in [1.82, 2.24) is 14.8 Å². The van der Waals surface area contributed by atoms with Crippen LogP contribution in [-0.2, 0) is 18.4 Å². The molecule has 0 spiro atoms. The van der Waals surface area contributed by atoms with Crippen molar-refractivity contribution in [3.8, 4) is 5.75 Å². The van der Waals surface area contributed by atoms with Gasteiger partial charge in [0.15, 0.2) is 0 Å². The third-order valence-corrected chi connectivity index (χ3v) is 3.44. The van der Waals surface area contributed by atoms with E-state index < -0.39 is 0 Å². The van der Waals surface area contributed by atoms with E-state index in [0.29, 0.717) is 5.28 Å². The number of aryl methyl sites for hydroxylation is 1. The van der Waals surface area contributed by atoms with Gasteiger partial charge in [0.25, 0.3) is 0 Å². The zero-order valence-corrected chi connectivity index (χ0v) is 13.1. The first-order chi connectivity index (χ1) is 9.41. The molecule has 2 rings (SSSR count). The van der Waals surface area contributed by atoms with Crippen molar-refractivity contribution in [3.63, 3.8) is 0 Å². The molecule has 1 aromatic heterocycles. The van der Waals surface area contributed by atoms with Crippen molar-refractivity contribution >= 4 is 11.6 Å². The molecular formula is C15H20ClN3O. The molecule has 0 aliphatic carbocycles. The van der Waals surface area contributed by atoms with Gasteiger partial charge in [-0.25, -0.2) is 0 Å². The number of nitrogens with zero attached hydrogens (tertiary/aromatic N) is 3. The van der Waals surface area contributed by atoms with Gasteiger partial charge in [-0.2, -0.15) is 0 Å². The Morgan fingerprint density at radius 2 is 1.80 bits per heavy atom. The predicted octanol–water partition coefficient (Wildman–Crippen LogP) is 3.48. The second-order valence-corrected chi connectivity index (χ2v) is 6.13. The fourth-order valence-corrected chi connectivity index (χ4v) is 2.27. The van der Waals surface area contributed by atoms with Gasteiger partial charge in [0.1, 0.15) is 11.6 Å². The average Bonchev–Trinajstić information content (AvgIpc) is 2.78. The number of hydrogen-bond acceptors (Lipinski definition) is 3. The molecule has 0 radical (unpaired) electrons. The van der Waals surface area contributed by atoms with Gasteiger partial charge in [0.05, 0.1) is 7.11 Å². The van der Waals surface area contributed by atoms with Gasteiger partial charge < -0.3 is 9.30 Å². The zero-order chi connectivity index (χ0) is 14.8. The largest absolute Gasteiger partial charge is 0.497 e. The summed E-state index contributed by atoms with van der Waals surface area (Å²) in [5.41, 5.74) is 1.16. The van der Waals surface area contributed by atoms with Gasteiger partial charge in [0.2, 0.25) is 5.28 Å². The van der Waals surface area contributed by atoms with Crippen LogP contribution in [0.2, 0.25) is 5.28 Å². The van der Waals surface area contributed by atoms with Crippen LogP contribution in [0.5, 0.6) is 5.75 Å². The molecule has 0 N–H and O–H groups in total. The molecule has 0 aliphatic heterocycles. The first-order valence-corrected chi connectivity index (χ1v) is 7.01. The Hall–Kier alpha value is -1.55. The Balaban J connectivity index is 2.12. The lowest BCUT2D eigenvalue weighted by atomic mass is 9.95. The van der Waals surface area contributed by atoms with Crippen LogP contribution in [0, 0.1) is 0 Å². The van der Waals surface area contributed by atoms with E-state index in [-0.39, 0.29) is 5.41 Å². The lowest BCUT2D eigenvalue weighted by molar-refractivity contribution is 0.414. The Bertz CT molecular complexity index is 570. The Morgan fingerprint density at radius 1 is 1.15 bits per heavy atom. The lowest BCUT2D eigenvalue weighted by Crippen LogP contribution is -2.20. The molecule has 0 atom stereocenters. The number of hydrogen-bond donors (Lipinski definition) is 0. The fourth-order valence-electron chi connectivity index (χ4n) is 2.07. The summed E-state index contributed by atoms with van der Waals surface area (Å²) in [5.74, 6) is 1.78. The number of methoxy groups -OCH3 is 1. The number of ether oxygens (including phenoxy) is 1. The predicted molar refractivity (Wildman–Crippen MR) is 80.4 cm³/mol. The first-order valence-electron chi connectivity index (χ1n) is 6.64. The van der Waals surface area contributed by atoms with E-state index in [4.69, 9.17) is 16.3 Å². The van der Waals surface area contributed by atoms with Crippen LogP contribution in [-0.4, -0.2) is 21.9 Å². The number of halogens is 1. The highest BCUT2D eigenvalue weighted by molar-refractivity contribution is 6.28. The molecule has 0 saturated carbocycles. The maximum absolute atomic E-state index is 6.13. The molecule has 0 saturated heterocycles. The summed E-state index contributed by atoms with van der Waals surface area (Å²) in [7, 11) is 1.67. The zero-order valence-electron chi connectivity index (χ0n) is 12.4. The maximum atomic E-state index is 6.13. The molecule has 20 heavy (non-hydrogen) atoms. The van der Waals surface area contributed by atoms with Gasteiger partial charge >= 0.3 is 0 Å². The van der Waals surface area contributed by atoms with Crippen LogP contribution < -0.4 is 4.74 Å². The SMILES string of the molecule is COc1ccc(CCn2c(Cl)nnc2C(C)(C)C)cc1. The molecule has 1 heterocycles. The fraction of sp³-hybridized carbons (Fsp3) is 0.467. The summed E-state index contributed by atoms with van der Waals surface area (Å²) in [5, 5.41) is 8.62. The standard InChI is InChI=1S/C15H20ClN3O/c1-15(2,3)13-17-18-14(16)19(13)10-9-11-5-7-12(20-4)8-6-11/h5-8H,9-10H2,1-4H3. The molecule has 0 amide bonds. The molecule has 0 aliphatic rings. The van der Waals surface area contributed by atoms with Gasteiger partial charge in [0, 0.05) is 12.0 Å². The molecule has 1 aromatic carbocycles. The van der Waals surface area contributed by atoms with Gasteiger partial charge in [-0.1, -0.05) is 32.9 Å². The Kier molecular flexibility index (Phi) is 4.33. The van der Waals surface area contributed by atoms with E-state index in [0.717, 1.165) is 24.5 Å². The molecule has 2 aromatic rings. The molecule has 5 heteroatoms. The summed E-state index contributed by atoms with van der Waals surface area (Å²) < 4.78 is 7.13. The highest BCUT2D eigenvalue weighted by Crippen LogP contribution is 2.23. The topological polar surface area (TPSA) is 39.9 Å².